The van der Waals surface area contributed by atoms with Crippen molar-refractivity contribution in [3.05, 3.63) is 58.5 Å². The van der Waals surface area contributed by atoms with E-state index in [1.54, 1.807) is 12.2 Å². The van der Waals surface area contributed by atoms with Gasteiger partial charge >= 0.3 is 0 Å². The summed E-state index contributed by atoms with van der Waals surface area (Å²) in [7, 11) is 0. The van der Waals surface area contributed by atoms with Gasteiger partial charge in [-0.25, -0.2) is 0 Å². The van der Waals surface area contributed by atoms with Crippen LogP contribution in [0.4, 0.5) is 0 Å². The van der Waals surface area contributed by atoms with Crippen molar-refractivity contribution in [1.29, 1.82) is 0 Å². The van der Waals surface area contributed by atoms with Crippen molar-refractivity contribution < 1.29 is 13.9 Å². The van der Waals surface area contributed by atoms with Crippen LogP contribution in [0.5, 0.6) is 5.75 Å². The molecule has 1 aliphatic rings. The summed E-state index contributed by atoms with van der Waals surface area (Å²) in [6.07, 6.45) is 5.35. The molecule has 0 N–H and O–H groups in total. The van der Waals surface area contributed by atoms with E-state index in [1.807, 2.05) is 37.3 Å². The summed E-state index contributed by atoms with van der Waals surface area (Å²) in [5.74, 6) is 2.55. The summed E-state index contributed by atoms with van der Waals surface area (Å²) in [6, 6.07) is 9.21. The molecule has 4 heteroatoms. The van der Waals surface area contributed by atoms with Gasteiger partial charge in [-0.3, -0.25) is 4.79 Å². The molecule has 0 atom stereocenters. The van der Waals surface area contributed by atoms with Crippen LogP contribution in [0.1, 0.15) is 29.9 Å². The maximum absolute atomic E-state index is 11.6. The minimum Gasteiger partial charge on any atom is -0.486 e. The van der Waals surface area contributed by atoms with Crippen LogP contribution in [0.3, 0.4) is 0 Å². The van der Waals surface area contributed by atoms with E-state index in [2.05, 4.69) is 0 Å². The predicted octanol–water partition coefficient (Wildman–Crippen LogP) is 4.81. The quantitative estimate of drug-likeness (QED) is 0.718. The lowest BCUT2D eigenvalue weighted by Gasteiger charge is -2.05. The zero-order valence-corrected chi connectivity index (χ0v) is 13.1. The highest BCUT2D eigenvalue weighted by atomic mass is 35.5. The third kappa shape index (κ3) is 3.80. The van der Waals surface area contributed by atoms with Crippen LogP contribution in [-0.2, 0) is 11.4 Å². The summed E-state index contributed by atoms with van der Waals surface area (Å²) in [6.45, 7) is 2.27. The minimum absolute atomic E-state index is 0.186. The molecule has 1 aliphatic carbocycles. The number of rotatable bonds is 6. The molecule has 0 aliphatic heterocycles. The molecule has 3 rings (SSSR count). The maximum atomic E-state index is 11.6. The second kappa shape index (κ2) is 6.41. The first kappa shape index (κ1) is 14.9. The molecule has 0 bridgehead atoms. The number of hydrogen-bond acceptors (Lipinski definition) is 3. The van der Waals surface area contributed by atoms with E-state index < -0.39 is 0 Å². The lowest BCUT2D eigenvalue weighted by Crippen LogP contribution is -1.94. The van der Waals surface area contributed by atoms with Gasteiger partial charge in [0.25, 0.3) is 0 Å². The fraction of sp³-hybridized carbons (Fsp3) is 0.278. The monoisotopic (exact) mass is 316 g/mol. The number of benzene rings is 1. The SMILES string of the molecule is Cc1cc(OCc2ccc(/C=C/C(=O)C3CC3)o2)ccc1Cl. The summed E-state index contributed by atoms with van der Waals surface area (Å²) >= 11 is 5.98. The Bertz CT molecular complexity index is 711. The van der Waals surface area contributed by atoms with Crippen molar-refractivity contribution in [1.82, 2.24) is 0 Å². The molecule has 2 aromatic rings. The van der Waals surface area contributed by atoms with Gasteiger partial charge in [0, 0.05) is 10.9 Å². The largest absolute Gasteiger partial charge is 0.486 e. The maximum Gasteiger partial charge on any atom is 0.158 e. The molecule has 0 unspecified atom stereocenters. The van der Waals surface area contributed by atoms with Crippen molar-refractivity contribution in [2.24, 2.45) is 5.92 Å². The molecule has 1 saturated carbocycles. The molecule has 0 saturated heterocycles. The van der Waals surface area contributed by atoms with Crippen LogP contribution in [-0.4, -0.2) is 5.78 Å². The molecule has 1 heterocycles. The molecule has 0 amide bonds. The number of halogens is 1. The topological polar surface area (TPSA) is 39.4 Å². The van der Waals surface area contributed by atoms with Gasteiger partial charge in [-0.2, -0.15) is 0 Å². The summed E-state index contributed by atoms with van der Waals surface area (Å²) in [4.78, 5) is 11.6. The minimum atomic E-state index is 0.186. The van der Waals surface area contributed by atoms with Crippen molar-refractivity contribution in [3.8, 4) is 5.75 Å². The fourth-order valence-electron chi connectivity index (χ4n) is 2.09. The van der Waals surface area contributed by atoms with E-state index in [-0.39, 0.29) is 11.7 Å². The van der Waals surface area contributed by atoms with Crippen LogP contribution in [0.2, 0.25) is 5.02 Å². The number of ketones is 1. The van der Waals surface area contributed by atoms with E-state index in [9.17, 15) is 4.79 Å². The van der Waals surface area contributed by atoms with Crippen LogP contribution in [0.25, 0.3) is 6.08 Å². The molecule has 1 aromatic heterocycles. The number of aryl methyl sites for hydroxylation is 1. The predicted molar refractivity (Wildman–Crippen MR) is 86.0 cm³/mol. The number of hydrogen-bond donors (Lipinski definition) is 0. The van der Waals surface area contributed by atoms with Gasteiger partial charge < -0.3 is 9.15 Å². The highest BCUT2D eigenvalue weighted by Crippen LogP contribution is 2.30. The third-order valence-electron chi connectivity index (χ3n) is 3.58. The Labute approximate surface area is 134 Å². The molecule has 0 radical (unpaired) electrons. The van der Waals surface area contributed by atoms with Crippen molar-refractivity contribution in [3.63, 3.8) is 0 Å². The Morgan fingerprint density at radius 3 is 2.91 bits per heavy atom. The van der Waals surface area contributed by atoms with Crippen LogP contribution in [0.15, 0.2) is 40.8 Å². The molecular weight excluding hydrogens is 300 g/mol. The number of ether oxygens (including phenoxy) is 1. The average Bonchev–Trinajstić information content (AvgIpc) is 3.26. The van der Waals surface area contributed by atoms with Crippen LogP contribution < -0.4 is 4.74 Å². The van der Waals surface area contributed by atoms with Crippen LogP contribution >= 0.6 is 11.6 Å². The molecule has 1 aromatic carbocycles. The van der Waals surface area contributed by atoms with Gasteiger partial charge in [0.05, 0.1) is 0 Å². The number of allylic oxidation sites excluding steroid dienone is 1. The number of carbonyl (C=O) groups is 1. The summed E-state index contributed by atoms with van der Waals surface area (Å²) < 4.78 is 11.3. The summed E-state index contributed by atoms with van der Waals surface area (Å²) in [5, 5.41) is 0.720. The van der Waals surface area contributed by atoms with E-state index >= 15 is 0 Å². The normalized spacial score (nSPS) is 14.5. The van der Waals surface area contributed by atoms with Crippen molar-refractivity contribution >= 4 is 23.5 Å². The van der Waals surface area contributed by atoms with Gasteiger partial charge in [-0.05, 0) is 67.8 Å². The van der Waals surface area contributed by atoms with E-state index in [4.69, 9.17) is 20.8 Å². The lowest BCUT2D eigenvalue weighted by atomic mass is 10.2. The van der Waals surface area contributed by atoms with Crippen molar-refractivity contribution in [2.45, 2.75) is 26.4 Å². The van der Waals surface area contributed by atoms with Gasteiger partial charge in [0.15, 0.2) is 5.78 Å². The molecule has 22 heavy (non-hydrogen) atoms. The Hall–Kier alpha value is -2.00. The Balaban J connectivity index is 1.57. The zero-order chi connectivity index (χ0) is 15.5. The fourth-order valence-corrected chi connectivity index (χ4v) is 2.21. The molecule has 0 spiro atoms. The van der Waals surface area contributed by atoms with E-state index in [1.165, 1.54) is 0 Å². The number of furan rings is 1. The van der Waals surface area contributed by atoms with Crippen molar-refractivity contribution in [2.75, 3.05) is 0 Å². The molecule has 1 fully saturated rings. The Morgan fingerprint density at radius 1 is 1.36 bits per heavy atom. The van der Waals surface area contributed by atoms with Gasteiger partial charge in [-0.15, -0.1) is 0 Å². The highest BCUT2D eigenvalue weighted by molar-refractivity contribution is 6.31. The average molecular weight is 317 g/mol. The smallest absolute Gasteiger partial charge is 0.158 e. The second-order valence-electron chi connectivity index (χ2n) is 5.51. The highest BCUT2D eigenvalue weighted by Gasteiger charge is 2.27. The number of carbonyl (C=O) groups excluding carboxylic acids is 1. The first-order chi connectivity index (χ1) is 10.6. The van der Waals surface area contributed by atoms with Gasteiger partial charge in [0.1, 0.15) is 23.9 Å². The second-order valence-corrected chi connectivity index (χ2v) is 5.92. The molecular formula is C18H17ClO3. The first-order valence-corrected chi connectivity index (χ1v) is 7.69. The van der Waals surface area contributed by atoms with Crippen LogP contribution in [0, 0.1) is 12.8 Å². The van der Waals surface area contributed by atoms with Gasteiger partial charge in [0.2, 0.25) is 0 Å². The van der Waals surface area contributed by atoms with Gasteiger partial charge in [-0.1, -0.05) is 11.6 Å². The Kier molecular flexibility index (Phi) is 4.34. The Morgan fingerprint density at radius 2 is 2.18 bits per heavy atom. The summed E-state index contributed by atoms with van der Waals surface area (Å²) in [5.41, 5.74) is 0.973. The van der Waals surface area contributed by atoms with E-state index in [0.717, 1.165) is 29.2 Å². The first-order valence-electron chi connectivity index (χ1n) is 7.31. The standard InChI is InChI=1S/C18H17ClO3/c1-12-10-15(6-8-17(12)19)21-11-16-5-4-14(22-16)7-9-18(20)13-2-3-13/h4-10,13H,2-3,11H2,1H3/b9-7+. The third-order valence-corrected chi connectivity index (χ3v) is 4.01. The van der Waals surface area contributed by atoms with E-state index in [0.29, 0.717) is 18.1 Å². The molecule has 3 nitrogen and oxygen atoms in total. The lowest BCUT2D eigenvalue weighted by molar-refractivity contribution is -0.115. The zero-order valence-electron chi connectivity index (χ0n) is 12.3. The molecule has 114 valence electrons.